The van der Waals surface area contributed by atoms with Crippen LogP contribution in [0.4, 0.5) is 11.4 Å². The number of halogens is 2. The lowest BCUT2D eigenvalue weighted by molar-refractivity contribution is -0.117. The number of aryl methyl sites for hydroxylation is 1. The van der Waals surface area contributed by atoms with Crippen molar-refractivity contribution in [2.75, 3.05) is 15.9 Å². The fourth-order valence-electron chi connectivity index (χ4n) is 2.54. The van der Waals surface area contributed by atoms with Gasteiger partial charge in [0.25, 0.3) is 0 Å². The molecule has 0 aliphatic heterocycles. The number of rotatable bonds is 6. The molecule has 2 rings (SSSR count). The zero-order valence-corrected chi connectivity index (χ0v) is 17.0. The zero-order valence-electron chi connectivity index (χ0n) is 14.7. The van der Waals surface area contributed by atoms with Crippen LogP contribution in [0.5, 0.6) is 0 Å². The van der Waals surface area contributed by atoms with Gasteiger partial charge in [-0.05, 0) is 55.3 Å². The van der Waals surface area contributed by atoms with Crippen molar-refractivity contribution in [3.8, 4) is 0 Å². The van der Waals surface area contributed by atoms with E-state index in [0.717, 1.165) is 16.1 Å². The molecule has 0 saturated heterocycles. The van der Waals surface area contributed by atoms with Crippen LogP contribution in [0.1, 0.15) is 18.9 Å². The van der Waals surface area contributed by atoms with Gasteiger partial charge in [0, 0.05) is 15.7 Å². The van der Waals surface area contributed by atoms with Gasteiger partial charge in [0.1, 0.15) is 6.04 Å². The number of benzene rings is 2. The van der Waals surface area contributed by atoms with E-state index >= 15 is 0 Å². The summed E-state index contributed by atoms with van der Waals surface area (Å²) in [6, 6.07) is 10.5. The number of amides is 1. The predicted molar refractivity (Wildman–Crippen MR) is 108 cm³/mol. The molecule has 8 heteroatoms. The van der Waals surface area contributed by atoms with E-state index in [9.17, 15) is 13.2 Å². The Morgan fingerprint density at radius 2 is 1.77 bits per heavy atom. The zero-order chi connectivity index (χ0) is 19.5. The number of hydrogen-bond donors (Lipinski definition) is 1. The molecule has 1 atom stereocenters. The van der Waals surface area contributed by atoms with E-state index in [-0.39, 0.29) is 0 Å². The summed E-state index contributed by atoms with van der Waals surface area (Å²) in [5.41, 5.74) is 1.77. The summed E-state index contributed by atoms with van der Waals surface area (Å²) in [6.07, 6.45) is 1.36. The van der Waals surface area contributed by atoms with Crippen molar-refractivity contribution in [3.05, 3.63) is 58.1 Å². The number of carbonyl (C=O) groups is 1. The molecule has 0 saturated carbocycles. The van der Waals surface area contributed by atoms with Crippen LogP contribution in [0.15, 0.2) is 42.5 Å². The second-order valence-corrected chi connectivity index (χ2v) is 8.62. The summed E-state index contributed by atoms with van der Waals surface area (Å²) in [7, 11) is -3.69. The topological polar surface area (TPSA) is 66.5 Å². The highest BCUT2D eigenvalue weighted by Crippen LogP contribution is 2.26. The first kappa shape index (κ1) is 20.6. The highest BCUT2D eigenvalue weighted by molar-refractivity contribution is 7.92. The molecule has 0 heterocycles. The van der Waals surface area contributed by atoms with Crippen LogP contribution in [0.25, 0.3) is 0 Å². The van der Waals surface area contributed by atoms with E-state index in [4.69, 9.17) is 23.2 Å². The van der Waals surface area contributed by atoms with Crippen LogP contribution < -0.4 is 9.62 Å². The molecular formula is C18H20Cl2N2O3S. The van der Waals surface area contributed by atoms with E-state index in [1.54, 1.807) is 49.4 Å². The molecule has 1 N–H and O–H groups in total. The van der Waals surface area contributed by atoms with E-state index in [0.29, 0.717) is 27.8 Å². The lowest BCUT2D eigenvalue weighted by atomic mass is 10.1. The van der Waals surface area contributed by atoms with Gasteiger partial charge in [0.2, 0.25) is 15.9 Å². The number of nitrogens with one attached hydrogen (secondary N) is 1. The molecule has 2 aromatic rings. The Morgan fingerprint density at radius 1 is 1.15 bits per heavy atom. The van der Waals surface area contributed by atoms with E-state index in [1.807, 2.05) is 6.92 Å². The second kappa shape index (κ2) is 8.29. The minimum Gasteiger partial charge on any atom is -0.324 e. The summed E-state index contributed by atoms with van der Waals surface area (Å²) in [5, 5.41) is 3.74. The highest BCUT2D eigenvalue weighted by atomic mass is 35.5. The monoisotopic (exact) mass is 414 g/mol. The Morgan fingerprint density at radius 3 is 2.27 bits per heavy atom. The Kier molecular flexibility index (Phi) is 6.55. The molecule has 140 valence electrons. The van der Waals surface area contributed by atoms with Crippen LogP contribution in [0, 0.1) is 6.92 Å². The number of nitrogens with zero attached hydrogens (tertiary/aromatic N) is 1. The maximum absolute atomic E-state index is 12.8. The molecule has 0 aromatic heterocycles. The maximum atomic E-state index is 12.8. The van der Waals surface area contributed by atoms with E-state index in [2.05, 4.69) is 5.32 Å². The first-order valence-corrected chi connectivity index (χ1v) is 10.6. The molecule has 0 spiro atoms. The van der Waals surface area contributed by atoms with Crippen LogP contribution in [0.3, 0.4) is 0 Å². The first-order chi connectivity index (χ1) is 12.1. The van der Waals surface area contributed by atoms with Crippen molar-refractivity contribution in [2.45, 2.75) is 26.3 Å². The third-order valence-corrected chi connectivity index (χ3v) is 5.69. The SMILES string of the molecule is CC[C@@H](C(=O)Nc1ccc(C)c(Cl)c1)N(c1ccc(Cl)cc1)S(C)(=O)=O. The fourth-order valence-corrected chi connectivity index (χ4v) is 4.06. The first-order valence-electron chi connectivity index (χ1n) is 7.95. The third kappa shape index (κ3) is 4.90. The summed E-state index contributed by atoms with van der Waals surface area (Å²) in [6.45, 7) is 3.61. The van der Waals surface area contributed by atoms with Crippen molar-refractivity contribution in [1.29, 1.82) is 0 Å². The average molecular weight is 415 g/mol. The standard InChI is InChI=1S/C18H20Cl2N2O3S/c1-4-17(18(23)21-14-8-5-12(2)16(20)11-14)22(26(3,24)25)15-9-6-13(19)7-10-15/h5-11,17H,4H2,1-3H3,(H,21,23)/t17-/m0/s1. The molecule has 5 nitrogen and oxygen atoms in total. The Hall–Kier alpha value is -1.76. The minimum absolute atomic E-state index is 0.293. The molecule has 26 heavy (non-hydrogen) atoms. The Labute approximate surface area is 164 Å². The Balaban J connectivity index is 2.36. The van der Waals surface area contributed by atoms with Gasteiger partial charge in [-0.25, -0.2) is 8.42 Å². The smallest absolute Gasteiger partial charge is 0.248 e. The number of anilines is 2. The van der Waals surface area contributed by atoms with Gasteiger partial charge in [-0.15, -0.1) is 0 Å². The highest BCUT2D eigenvalue weighted by Gasteiger charge is 2.31. The average Bonchev–Trinajstić information content (AvgIpc) is 2.56. The Bertz CT molecular complexity index is 899. The van der Waals surface area contributed by atoms with Gasteiger partial charge in [0.15, 0.2) is 0 Å². The lowest BCUT2D eigenvalue weighted by Crippen LogP contribution is -2.47. The number of carbonyl (C=O) groups excluding carboxylic acids is 1. The number of hydrogen-bond acceptors (Lipinski definition) is 3. The molecule has 0 aliphatic carbocycles. The van der Waals surface area contributed by atoms with Crippen molar-refractivity contribution < 1.29 is 13.2 Å². The fraction of sp³-hybridized carbons (Fsp3) is 0.278. The van der Waals surface area contributed by atoms with Crippen LogP contribution in [-0.4, -0.2) is 26.6 Å². The quantitative estimate of drug-likeness (QED) is 0.756. The van der Waals surface area contributed by atoms with Crippen molar-refractivity contribution in [1.82, 2.24) is 0 Å². The summed E-state index contributed by atoms with van der Waals surface area (Å²) in [4.78, 5) is 12.8. The van der Waals surface area contributed by atoms with E-state index < -0.39 is 22.0 Å². The summed E-state index contributed by atoms with van der Waals surface area (Å²) < 4.78 is 25.8. The molecule has 0 radical (unpaired) electrons. The van der Waals surface area contributed by atoms with Gasteiger partial charge >= 0.3 is 0 Å². The van der Waals surface area contributed by atoms with Crippen molar-refractivity contribution in [2.24, 2.45) is 0 Å². The van der Waals surface area contributed by atoms with Crippen molar-refractivity contribution in [3.63, 3.8) is 0 Å². The van der Waals surface area contributed by atoms with Gasteiger partial charge < -0.3 is 5.32 Å². The molecular weight excluding hydrogens is 395 g/mol. The summed E-state index contributed by atoms with van der Waals surface area (Å²) >= 11 is 12.0. The third-order valence-electron chi connectivity index (χ3n) is 3.85. The summed E-state index contributed by atoms with van der Waals surface area (Å²) in [5.74, 6) is -0.437. The van der Waals surface area contributed by atoms with E-state index in [1.165, 1.54) is 0 Å². The minimum atomic E-state index is -3.69. The molecule has 0 fully saturated rings. The molecule has 0 unspecified atom stereocenters. The maximum Gasteiger partial charge on any atom is 0.248 e. The van der Waals surface area contributed by atoms with Gasteiger partial charge in [-0.3, -0.25) is 9.10 Å². The number of sulfonamides is 1. The van der Waals surface area contributed by atoms with Gasteiger partial charge in [-0.1, -0.05) is 36.2 Å². The molecule has 1 amide bonds. The predicted octanol–water partition coefficient (Wildman–Crippen LogP) is 4.49. The molecule has 0 aliphatic rings. The largest absolute Gasteiger partial charge is 0.324 e. The normalized spacial score (nSPS) is 12.5. The molecule has 0 bridgehead atoms. The van der Waals surface area contributed by atoms with Crippen LogP contribution in [0.2, 0.25) is 10.0 Å². The van der Waals surface area contributed by atoms with Crippen LogP contribution in [-0.2, 0) is 14.8 Å². The second-order valence-electron chi connectivity index (χ2n) is 5.91. The van der Waals surface area contributed by atoms with Crippen LogP contribution >= 0.6 is 23.2 Å². The van der Waals surface area contributed by atoms with Gasteiger partial charge in [0.05, 0.1) is 11.9 Å². The lowest BCUT2D eigenvalue weighted by Gasteiger charge is -2.30. The molecule has 2 aromatic carbocycles. The van der Waals surface area contributed by atoms with Crippen molar-refractivity contribution >= 4 is 50.5 Å². The van der Waals surface area contributed by atoms with Gasteiger partial charge in [-0.2, -0.15) is 0 Å².